The molecule has 3 heteroatoms. The van der Waals surface area contributed by atoms with E-state index >= 15 is 0 Å². The van der Waals surface area contributed by atoms with Crippen LogP contribution in [0.5, 0.6) is 0 Å². The molecule has 0 amide bonds. The molecule has 3 nitrogen and oxygen atoms in total. The maximum Gasteiger partial charge on any atom is 0.0942 e. The molecule has 1 heterocycles. The molecule has 1 unspecified atom stereocenters. The van der Waals surface area contributed by atoms with Gasteiger partial charge in [-0.25, -0.2) is 0 Å². The lowest BCUT2D eigenvalue weighted by Crippen LogP contribution is -2.31. The maximum absolute atomic E-state index is 10.1. The van der Waals surface area contributed by atoms with Gasteiger partial charge in [-0.15, -0.1) is 0 Å². The summed E-state index contributed by atoms with van der Waals surface area (Å²) >= 11 is 0. The molecule has 1 fully saturated rings. The number of rotatable bonds is 2. The summed E-state index contributed by atoms with van der Waals surface area (Å²) in [5.41, 5.74) is 6.77. The molecule has 1 atom stereocenters. The van der Waals surface area contributed by atoms with Gasteiger partial charge < -0.3 is 15.6 Å². The van der Waals surface area contributed by atoms with Crippen molar-refractivity contribution in [2.75, 3.05) is 18.9 Å². The van der Waals surface area contributed by atoms with Gasteiger partial charge in [-0.3, -0.25) is 0 Å². The smallest absolute Gasteiger partial charge is 0.0942 e. The Balaban J connectivity index is 2.06. The van der Waals surface area contributed by atoms with Crippen LogP contribution in [-0.2, 0) is 11.2 Å². The first-order valence-electron chi connectivity index (χ1n) is 4.83. The van der Waals surface area contributed by atoms with Gasteiger partial charge in [-0.05, 0) is 17.7 Å². The van der Waals surface area contributed by atoms with Crippen molar-refractivity contribution < 1.29 is 9.84 Å². The van der Waals surface area contributed by atoms with E-state index in [1.54, 1.807) is 0 Å². The van der Waals surface area contributed by atoms with Gasteiger partial charge in [0.25, 0.3) is 0 Å². The summed E-state index contributed by atoms with van der Waals surface area (Å²) in [5.74, 6) is 0. The Kier molecular flexibility index (Phi) is 2.44. The van der Waals surface area contributed by atoms with Crippen molar-refractivity contribution in [3.05, 3.63) is 29.8 Å². The molecular weight excluding hydrogens is 178 g/mol. The van der Waals surface area contributed by atoms with Gasteiger partial charge in [-0.2, -0.15) is 0 Å². The Hall–Kier alpha value is -1.06. The zero-order chi connectivity index (χ0) is 10.0. The Labute approximate surface area is 83.5 Å². The number of ether oxygens (including phenoxy) is 1. The van der Waals surface area contributed by atoms with Crippen molar-refractivity contribution >= 4 is 5.69 Å². The minimum absolute atomic E-state index is 0.442. The highest BCUT2D eigenvalue weighted by molar-refractivity contribution is 5.39. The number of hydrogen-bond acceptors (Lipinski definition) is 3. The number of anilines is 1. The minimum Gasteiger partial charge on any atom is -0.399 e. The number of nitrogen functional groups attached to an aromatic ring is 1. The maximum atomic E-state index is 10.1. The van der Waals surface area contributed by atoms with Gasteiger partial charge >= 0.3 is 0 Å². The van der Waals surface area contributed by atoms with Crippen LogP contribution in [0.1, 0.15) is 12.0 Å². The van der Waals surface area contributed by atoms with Crippen molar-refractivity contribution in [1.82, 2.24) is 0 Å². The lowest BCUT2D eigenvalue weighted by Gasteiger charge is -2.20. The van der Waals surface area contributed by atoms with Gasteiger partial charge in [0, 0.05) is 25.1 Å². The van der Waals surface area contributed by atoms with Crippen LogP contribution >= 0.6 is 0 Å². The first kappa shape index (κ1) is 9.49. The Morgan fingerprint density at radius 3 is 2.64 bits per heavy atom. The third-order valence-electron chi connectivity index (χ3n) is 2.60. The van der Waals surface area contributed by atoms with Crippen LogP contribution in [0.2, 0.25) is 0 Å². The molecule has 3 N–H and O–H groups in total. The Morgan fingerprint density at radius 2 is 2.07 bits per heavy atom. The van der Waals surface area contributed by atoms with Crippen molar-refractivity contribution in [1.29, 1.82) is 0 Å². The van der Waals surface area contributed by atoms with Crippen molar-refractivity contribution in [2.24, 2.45) is 0 Å². The van der Waals surface area contributed by atoms with E-state index in [1.807, 2.05) is 24.3 Å². The van der Waals surface area contributed by atoms with Crippen LogP contribution < -0.4 is 5.73 Å². The van der Waals surface area contributed by atoms with E-state index in [1.165, 1.54) is 0 Å². The van der Waals surface area contributed by atoms with Gasteiger partial charge in [-0.1, -0.05) is 12.1 Å². The molecule has 0 bridgehead atoms. The molecule has 14 heavy (non-hydrogen) atoms. The molecule has 76 valence electrons. The second-order valence-electron chi connectivity index (χ2n) is 3.95. The van der Waals surface area contributed by atoms with Crippen LogP contribution in [0.15, 0.2) is 24.3 Å². The van der Waals surface area contributed by atoms with E-state index < -0.39 is 5.60 Å². The molecule has 2 rings (SSSR count). The lowest BCUT2D eigenvalue weighted by atomic mass is 9.94. The van der Waals surface area contributed by atoms with Crippen molar-refractivity contribution in [3.8, 4) is 0 Å². The highest BCUT2D eigenvalue weighted by Crippen LogP contribution is 2.23. The third kappa shape index (κ3) is 2.05. The fourth-order valence-electron chi connectivity index (χ4n) is 1.75. The summed E-state index contributed by atoms with van der Waals surface area (Å²) < 4.78 is 5.18. The van der Waals surface area contributed by atoms with Crippen LogP contribution in [0.3, 0.4) is 0 Å². The molecule has 1 aromatic rings. The van der Waals surface area contributed by atoms with E-state index in [9.17, 15) is 5.11 Å². The van der Waals surface area contributed by atoms with E-state index in [-0.39, 0.29) is 0 Å². The normalized spacial score (nSPS) is 26.6. The lowest BCUT2D eigenvalue weighted by molar-refractivity contribution is 0.0270. The SMILES string of the molecule is Nc1ccc(CC2(O)CCOC2)cc1. The predicted octanol–water partition coefficient (Wildman–Crippen LogP) is 0.963. The number of benzene rings is 1. The molecule has 0 aliphatic carbocycles. The fourth-order valence-corrected chi connectivity index (χ4v) is 1.75. The number of nitrogens with two attached hydrogens (primary N) is 1. The molecule has 1 aliphatic heterocycles. The van der Waals surface area contributed by atoms with E-state index in [2.05, 4.69) is 0 Å². The quantitative estimate of drug-likeness (QED) is 0.688. The first-order chi connectivity index (χ1) is 6.68. The molecule has 0 radical (unpaired) electrons. The molecule has 1 aliphatic rings. The molecule has 1 aromatic carbocycles. The number of hydrogen-bond donors (Lipinski definition) is 2. The zero-order valence-corrected chi connectivity index (χ0v) is 8.07. The topological polar surface area (TPSA) is 55.5 Å². The molecule has 0 aromatic heterocycles. The molecule has 0 saturated carbocycles. The summed E-state index contributed by atoms with van der Waals surface area (Å²) in [5, 5.41) is 10.1. The largest absolute Gasteiger partial charge is 0.399 e. The van der Waals surface area contributed by atoms with E-state index in [0.29, 0.717) is 19.6 Å². The Bertz CT molecular complexity index is 302. The van der Waals surface area contributed by atoms with Gasteiger partial charge in [0.15, 0.2) is 0 Å². The summed E-state index contributed by atoms with van der Waals surface area (Å²) in [6.07, 6.45) is 1.37. The number of aliphatic hydroxyl groups is 1. The molecule has 0 spiro atoms. The average molecular weight is 193 g/mol. The van der Waals surface area contributed by atoms with Crippen molar-refractivity contribution in [3.63, 3.8) is 0 Å². The fraction of sp³-hybridized carbons (Fsp3) is 0.455. The molecule has 1 saturated heterocycles. The predicted molar refractivity (Wildman–Crippen MR) is 54.9 cm³/mol. The van der Waals surface area contributed by atoms with Crippen LogP contribution in [-0.4, -0.2) is 23.9 Å². The van der Waals surface area contributed by atoms with Crippen molar-refractivity contribution in [2.45, 2.75) is 18.4 Å². The second kappa shape index (κ2) is 3.59. The van der Waals surface area contributed by atoms with Crippen LogP contribution in [0, 0.1) is 0 Å². The van der Waals surface area contributed by atoms with E-state index in [4.69, 9.17) is 10.5 Å². The third-order valence-corrected chi connectivity index (χ3v) is 2.60. The summed E-state index contributed by atoms with van der Waals surface area (Å²) in [6.45, 7) is 1.10. The standard InChI is InChI=1S/C11H15NO2/c12-10-3-1-9(2-4-10)7-11(13)5-6-14-8-11/h1-4,13H,5-8,12H2. The summed E-state index contributed by atoms with van der Waals surface area (Å²) in [7, 11) is 0. The van der Waals surface area contributed by atoms with Gasteiger partial charge in [0.1, 0.15) is 0 Å². The average Bonchev–Trinajstić information content (AvgIpc) is 2.57. The van der Waals surface area contributed by atoms with Crippen LogP contribution in [0.25, 0.3) is 0 Å². The first-order valence-corrected chi connectivity index (χ1v) is 4.83. The monoisotopic (exact) mass is 193 g/mol. The highest BCUT2D eigenvalue weighted by Gasteiger charge is 2.32. The molecular formula is C11H15NO2. The Morgan fingerprint density at radius 1 is 1.36 bits per heavy atom. The second-order valence-corrected chi connectivity index (χ2v) is 3.95. The van der Waals surface area contributed by atoms with Gasteiger partial charge in [0.05, 0.1) is 12.2 Å². The van der Waals surface area contributed by atoms with E-state index in [0.717, 1.165) is 17.7 Å². The summed E-state index contributed by atoms with van der Waals surface area (Å²) in [6, 6.07) is 7.61. The zero-order valence-electron chi connectivity index (χ0n) is 8.07. The highest BCUT2D eigenvalue weighted by atomic mass is 16.5. The minimum atomic E-state index is -0.671. The van der Waals surface area contributed by atoms with Gasteiger partial charge in [0.2, 0.25) is 0 Å². The summed E-state index contributed by atoms with van der Waals surface area (Å²) in [4.78, 5) is 0. The van der Waals surface area contributed by atoms with Crippen LogP contribution in [0.4, 0.5) is 5.69 Å².